The van der Waals surface area contributed by atoms with E-state index < -0.39 is 0 Å². The zero-order chi connectivity index (χ0) is 19.3. The SMILES string of the molecule is Cc1oc2ncnc(NC3(C)CC3)c2c1C(=O)N1CCN(c2nccs2)CC1. The van der Waals surface area contributed by atoms with E-state index in [1.807, 2.05) is 23.4 Å². The third kappa shape index (κ3) is 2.99. The Balaban J connectivity index is 1.42. The van der Waals surface area contributed by atoms with Gasteiger partial charge >= 0.3 is 0 Å². The summed E-state index contributed by atoms with van der Waals surface area (Å²) in [5.41, 5.74) is 1.08. The monoisotopic (exact) mass is 398 g/mol. The van der Waals surface area contributed by atoms with Crippen molar-refractivity contribution in [2.45, 2.75) is 32.2 Å². The molecule has 0 atom stereocenters. The Bertz CT molecular complexity index is 1020. The molecule has 1 amide bonds. The highest BCUT2D eigenvalue weighted by molar-refractivity contribution is 7.13. The molecule has 4 heterocycles. The lowest BCUT2D eigenvalue weighted by Crippen LogP contribution is -2.48. The predicted molar refractivity (Wildman–Crippen MR) is 108 cm³/mol. The molecular formula is C19H22N6O2S. The van der Waals surface area contributed by atoms with Crippen LogP contribution in [0.2, 0.25) is 0 Å². The topological polar surface area (TPSA) is 87.4 Å². The van der Waals surface area contributed by atoms with Crippen molar-refractivity contribution in [3.63, 3.8) is 0 Å². The Morgan fingerprint density at radius 3 is 2.68 bits per heavy atom. The number of carbonyl (C=O) groups excluding carboxylic acids is 1. The van der Waals surface area contributed by atoms with Gasteiger partial charge in [0.05, 0.1) is 10.9 Å². The van der Waals surface area contributed by atoms with Gasteiger partial charge in [-0.2, -0.15) is 0 Å². The van der Waals surface area contributed by atoms with Gasteiger partial charge in [0.2, 0.25) is 5.71 Å². The van der Waals surface area contributed by atoms with Gasteiger partial charge in [-0.25, -0.2) is 15.0 Å². The molecular weight excluding hydrogens is 376 g/mol. The van der Waals surface area contributed by atoms with E-state index in [1.165, 1.54) is 6.33 Å². The Morgan fingerprint density at radius 1 is 1.21 bits per heavy atom. The second-order valence-electron chi connectivity index (χ2n) is 7.72. The van der Waals surface area contributed by atoms with E-state index >= 15 is 0 Å². The molecule has 2 fully saturated rings. The fourth-order valence-electron chi connectivity index (χ4n) is 3.63. The number of fused-ring (bicyclic) bond motifs is 1. The first-order valence-electron chi connectivity index (χ1n) is 9.50. The molecule has 0 spiro atoms. The number of piperazine rings is 1. The largest absolute Gasteiger partial charge is 0.442 e. The summed E-state index contributed by atoms with van der Waals surface area (Å²) in [6, 6.07) is 0. The quantitative estimate of drug-likeness (QED) is 0.723. The molecule has 0 unspecified atom stereocenters. The Labute approximate surface area is 166 Å². The molecule has 0 radical (unpaired) electrons. The van der Waals surface area contributed by atoms with Crippen molar-refractivity contribution in [2.75, 3.05) is 36.4 Å². The van der Waals surface area contributed by atoms with Crippen LogP contribution in [-0.4, -0.2) is 57.5 Å². The lowest BCUT2D eigenvalue weighted by Gasteiger charge is -2.34. The van der Waals surface area contributed by atoms with E-state index in [9.17, 15) is 4.79 Å². The number of anilines is 2. The second-order valence-corrected chi connectivity index (χ2v) is 8.59. The molecule has 0 bridgehead atoms. The van der Waals surface area contributed by atoms with E-state index in [4.69, 9.17) is 4.42 Å². The molecule has 28 heavy (non-hydrogen) atoms. The minimum atomic E-state index is -0.0196. The molecule has 1 aliphatic carbocycles. The molecule has 1 aliphatic heterocycles. The van der Waals surface area contributed by atoms with Gasteiger partial charge in [0.1, 0.15) is 17.9 Å². The molecule has 3 aromatic rings. The van der Waals surface area contributed by atoms with Crippen molar-refractivity contribution in [3.8, 4) is 0 Å². The number of furan rings is 1. The van der Waals surface area contributed by atoms with E-state index in [-0.39, 0.29) is 11.4 Å². The molecule has 9 heteroatoms. The van der Waals surface area contributed by atoms with Gasteiger partial charge in [0.25, 0.3) is 5.91 Å². The number of aryl methyl sites for hydroxylation is 1. The summed E-state index contributed by atoms with van der Waals surface area (Å²) in [5.74, 6) is 1.26. The van der Waals surface area contributed by atoms with Crippen molar-refractivity contribution < 1.29 is 9.21 Å². The molecule has 2 aliphatic rings. The highest BCUT2D eigenvalue weighted by Gasteiger charge is 2.39. The van der Waals surface area contributed by atoms with Crippen LogP contribution in [0.4, 0.5) is 10.9 Å². The van der Waals surface area contributed by atoms with Crippen LogP contribution < -0.4 is 10.2 Å². The molecule has 3 aromatic heterocycles. The second kappa shape index (κ2) is 6.44. The van der Waals surface area contributed by atoms with Crippen molar-refractivity contribution in [2.24, 2.45) is 0 Å². The minimum absolute atomic E-state index is 0.0196. The van der Waals surface area contributed by atoms with Gasteiger partial charge in [-0.1, -0.05) is 0 Å². The van der Waals surface area contributed by atoms with Crippen LogP contribution in [0, 0.1) is 6.92 Å². The Kier molecular flexibility index (Phi) is 4.01. The number of aromatic nitrogens is 3. The number of hydrogen-bond acceptors (Lipinski definition) is 8. The third-order valence-corrected chi connectivity index (χ3v) is 6.39. The number of hydrogen-bond donors (Lipinski definition) is 1. The molecule has 1 saturated heterocycles. The fraction of sp³-hybridized carbons (Fsp3) is 0.474. The van der Waals surface area contributed by atoms with Crippen LogP contribution in [0.25, 0.3) is 11.1 Å². The number of rotatable bonds is 4. The van der Waals surface area contributed by atoms with Gasteiger partial charge in [0, 0.05) is 43.3 Å². The van der Waals surface area contributed by atoms with Gasteiger partial charge in [-0.15, -0.1) is 11.3 Å². The van der Waals surface area contributed by atoms with Gasteiger partial charge in [-0.3, -0.25) is 4.79 Å². The first-order valence-corrected chi connectivity index (χ1v) is 10.4. The van der Waals surface area contributed by atoms with E-state index in [0.717, 1.165) is 31.1 Å². The average Bonchev–Trinajstić information content (AvgIpc) is 3.11. The Morgan fingerprint density at radius 2 is 2.00 bits per heavy atom. The number of nitrogens with zero attached hydrogens (tertiary/aromatic N) is 5. The molecule has 146 valence electrons. The van der Waals surface area contributed by atoms with Crippen LogP contribution in [0.1, 0.15) is 35.9 Å². The molecule has 0 aromatic carbocycles. The maximum atomic E-state index is 13.4. The lowest BCUT2D eigenvalue weighted by molar-refractivity contribution is 0.0746. The van der Waals surface area contributed by atoms with Crippen molar-refractivity contribution in [1.29, 1.82) is 0 Å². The smallest absolute Gasteiger partial charge is 0.258 e. The summed E-state index contributed by atoms with van der Waals surface area (Å²) >= 11 is 1.63. The standard InChI is InChI=1S/C19H22N6O2S/c1-12-13(14-15(23-19(2)3-4-19)21-11-22-16(14)27-12)17(26)24-6-8-25(9-7-24)18-20-5-10-28-18/h5,10-11H,3-4,6-9H2,1-2H3,(H,21,22,23). The molecule has 1 N–H and O–H groups in total. The molecule has 8 nitrogen and oxygen atoms in total. The van der Waals surface area contributed by atoms with Crippen LogP contribution in [0.15, 0.2) is 22.3 Å². The number of carbonyl (C=O) groups is 1. The van der Waals surface area contributed by atoms with Crippen LogP contribution >= 0.6 is 11.3 Å². The first kappa shape index (κ1) is 17.4. The Hall–Kier alpha value is -2.68. The normalized spacial score (nSPS) is 18.5. The summed E-state index contributed by atoms with van der Waals surface area (Å²) in [6.07, 6.45) is 5.49. The van der Waals surface area contributed by atoms with E-state index in [0.29, 0.717) is 41.3 Å². The summed E-state index contributed by atoms with van der Waals surface area (Å²) in [4.78, 5) is 30.5. The van der Waals surface area contributed by atoms with Crippen molar-refractivity contribution >= 4 is 39.3 Å². The average molecular weight is 398 g/mol. The maximum Gasteiger partial charge on any atom is 0.258 e. The van der Waals surface area contributed by atoms with Crippen LogP contribution in [-0.2, 0) is 0 Å². The molecule has 1 saturated carbocycles. The van der Waals surface area contributed by atoms with E-state index in [1.54, 1.807) is 11.3 Å². The number of amides is 1. The van der Waals surface area contributed by atoms with Gasteiger partial charge in [-0.05, 0) is 26.7 Å². The number of thiazole rings is 1. The predicted octanol–water partition coefficient (Wildman–Crippen LogP) is 2.91. The third-order valence-electron chi connectivity index (χ3n) is 5.56. The van der Waals surface area contributed by atoms with Crippen molar-refractivity contribution in [1.82, 2.24) is 19.9 Å². The van der Waals surface area contributed by atoms with Crippen molar-refractivity contribution in [3.05, 3.63) is 29.2 Å². The lowest BCUT2D eigenvalue weighted by atomic mass is 10.1. The maximum absolute atomic E-state index is 13.4. The zero-order valence-electron chi connectivity index (χ0n) is 15.9. The highest BCUT2D eigenvalue weighted by atomic mass is 32.1. The summed E-state index contributed by atoms with van der Waals surface area (Å²) in [5, 5.41) is 7.15. The summed E-state index contributed by atoms with van der Waals surface area (Å²) in [6.45, 7) is 6.83. The fourth-order valence-corrected chi connectivity index (χ4v) is 4.32. The molecule has 5 rings (SSSR count). The summed E-state index contributed by atoms with van der Waals surface area (Å²) < 4.78 is 5.81. The summed E-state index contributed by atoms with van der Waals surface area (Å²) in [7, 11) is 0. The van der Waals surface area contributed by atoms with E-state index in [2.05, 4.69) is 32.1 Å². The first-order chi connectivity index (χ1) is 13.5. The van der Waals surface area contributed by atoms with Crippen LogP contribution in [0.5, 0.6) is 0 Å². The number of nitrogens with one attached hydrogen (secondary N) is 1. The van der Waals surface area contributed by atoms with Crippen LogP contribution in [0.3, 0.4) is 0 Å². The zero-order valence-corrected chi connectivity index (χ0v) is 16.8. The van der Waals surface area contributed by atoms with Gasteiger partial charge < -0.3 is 19.5 Å². The highest BCUT2D eigenvalue weighted by Crippen LogP contribution is 2.40. The minimum Gasteiger partial charge on any atom is -0.442 e. The van der Waals surface area contributed by atoms with Gasteiger partial charge in [0.15, 0.2) is 5.13 Å².